The topological polar surface area (TPSA) is 20.2 Å². The molecule has 1 saturated carbocycles. The molecule has 17 heavy (non-hydrogen) atoms. The van der Waals surface area contributed by atoms with Gasteiger partial charge in [-0.05, 0) is 42.4 Å². The molecule has 2 unspecified atom stereocenters. The van der Waals surface area contributed by atoms with E-state index in [1.165, 1.54) is 12.1 Å². The molecular formula is C13H13F3O. The third kappa shape index (κ3) is 2.81. The van der Waals surface area contributed by atoms with Crippen LogP contribution in [-0.2, 0) is 6.18 Å². The number of allylic oxidation sites excluding steroid dienone is 1. The van der Waals surface area contributed by atoms with Gasteiger partial charge in [0.15, 0.2) is 0 Å². The Kier molecular flexibility index (Phi) is 3.13. The second kappa shape index (κ2) is 4.43. The van der Waals surface area contributed by atoms with Crippen molar-refractivity contribution in [1.82, 2.24) is 0 Å². The molecule has 0 aromatic heterocycles. The predicted octanol–water partition coefficient (Wildman–Crippen LogP) is 4.27. The van der Waals surface area contributed by atoms with E-state index in [1.807, 2.05) is 0 Å². The number of aliphatic hydroxyl groups is 1. The second-order valence-electron chi connectivity index (χ2n) is 4.35. The minimum atomic E-state index is -4.27. The maximum Gasteiger partial charge on any atom is 0.416 e. The Morgan fingerprint density at radius 3 is 2.76 bits per heavy atom. The number of hydrogen-bond acceptors (Lipinski definition) is 1. The van der Waals surface area contributed by atoms with E-state index in [0.29, 0.717) is 5.92 Å². The van der Waals surface area contributed by atoms with Gasteiger partial charge in [0.05, 0.1) is 11.8 Å². The van der Waals surface area contributed by atoms with Crippen molar-refractivity contribution in [3.05, 3.63) is 47.7 Å². The molecule has 1 N–H and O–H groups in total. The largest absolute Gasteiger partial charge is 0.516 e. The van der Waals surface area contributed by atoms with E-state index in [9.17, 15) is 13.2 Å². The summed E-state index contributed by atoms with van der Waals surface area (Å²) in [5.74, 6) is 0.565. The average molecular weight is 242 g/mol. The van der Waals surface area contributed by atoms with Crippen LogP contribution in [0, 0.1) is 5.92 Å². The van der Waals surface area contributed by atoms with E-state index in [0.717, 1.165) is 30.7 Å². The highest BCUT2D eigenvalue weighted by molar-refractivity contribution is 5.32. The van der Waals surface area contributed by atoms with Gasteiger partial charge in [-0.1, -0.05) is 18.2 Å². The lowest BCUT2D eigenvalue weighted by Crippen LogP contribution is -2.05. The number of aliphatic hydroxyl groups excluding tert-OH is 1. The summed E-state index contributed by atoms with van der Waals surface area (Å²) in [6, 6.07) is 5.51. The van der Waals surface area contributed by atoms with E-state index in [1.54, 1.807) is 12.1 Å². The standard InChI is InChI=1S/C13H13F3O/c14-13(15,16)11-5-1-3-9(7-11)12-8-10(12)4-2-6-17/h1-3,5-7,10,12,17H,4,8H2/b6-2+. The Morgan fingerprint density at radius 2 is 2.12 bits per heavy atom. The number of alkyl halides is 3. The number of halogens is 3. The predicted molar refractivity (Wildman–Crippen MR) is 58.7 cm³/mol. The van der Waals surface area contributed by atoms with Crippen LogP contribution in [0.3, 0.4) is 0 Å². The summed E-state index contributed by atoms with van der Waals surface area (Å²) in [5.41, 5.74) is 0.162. The van der Waals surface area contributed by atoms with Gasteiger partial charge in [0.1, 0.15) is 0 Å². The molecule has 1 aromatic carbocycles. The first kappa shape index (κ1) is 12.0. The third-order valence-electron chi connectivity index (χ3n) is 3.11. The second-order valence-corrected chi connectivity index (χ2v) is 4.35. The van der Waals surface area contributed by atoms with Gasteiger partial charge in [-0.25, -0.2) is 0 Å². The Hall–Kier alpha value is -1.45. The van der Waals surface area contributed by atoms with Crippen LogP contribution in [-0.4, -0.2) is 5.11 Å². The molecule has 1 nitrogen and oxygen atoms in total. The molecule has 92 valence electrons. The summed E-state index contributed by atoms with van der Waals surface area (Å²) in [6.45, 7) is 0. The fourth-order valence-corrected chi connectivity index (χ4v) is 2.10. The highest BCUT2D eigenvalue weighted by atomic mass is 19.4. The molecule has 0 aliphatic heterocycles. The SMILES string of the molecule is O/C=C/CC1CC1c1cccc(C(F)(F)F)c1. The van der Waals surface area contributed by atoms with Crippen molar-refractivity contribution in [1.29, 1.82) is 0 Å². The molecule has 1 aromatic rings. The van der Waals surface area contributed by atoms with Crippen LogP contribution < -0.4 is 0 Å². The summed E-state index contributed by atoms with van der Waals surface area (Å²) in [4.78, 5) is 0. The first-order valence-corrected chi connectivity index (χ1v) is 5.48. The van der Waals surface area contributed by atoms with Gasteiger partial charge in [0, 0.05) is 0 Å². The highest BCUT2D eigenvalue weighted by Gasteiger charge is 2.38. The average Bonchev–Trinajstić information content (AvgIpc) is 3.05. The molecule has 0 radical (unpaired) electrons. The van der Waals surface area contributed by atoms with Crippen molar-refractivity contribution in [2.24, 2.45) is 5.92 Å². The van der Waals surface area contributed by atoms with Gasteiger partial charge in [-0.3, -0.25) is 0 Å². The van der Waals surface area contributed by atoms with Crippen molar-refractivity contribution >= 4 is 0 Å². The van der Waals surface area contributed by atoms with E-state index >= 15 is 0 Å². The third-order valence-corrected chi connectivity index (χ3v) is 3.11. The smallest absolute Gasteiger partial charge is 0.416 e. The maximum absolute atomic E-state index is 12.5. The molecule has 0 saturated heterocycles. The molecule has 2 atom stereocenters. The summed E-state index contributed by atoms with van der Waals surface area (Å²) >= 11 is 0. The van der Waals surface area contributed by atoms with Crippen LogP contribution in [0.25, 0.3) is 0 Å². The Morgan fingerprint density at radius 1 is 1.35 bits per heavy atom. The molecule has 1 aliphatic rings. The lowest BCUT2D eigenvalue weighted by atomic mass is 10.0. The molecule has 1 fully saturated rings. The van der Waals surface area contributed by atoms with Crippen molar-refractivity contribution in [3.8, 4) is 0 Å². The minimum absolute atomic E-state index is 0.202. The lowest BCUT2D eigenvalue weighted by molar-refractivity contribution is -0.137. The van der Waals surface area contributed by atoms with Crippen LogP contribution in [0.2, 0.25) is 0 Å². The number of rotatable bonds is 3. The molecule has 0 amide bonds. The fraction of sp³-hybridized carbons (Fsp3) is 0.385. The van der Waals surface area contributed by atoms with Gasteiger partial charge in [0.2, 0.25) is 0 Å². The zero-order chi connectivity index (χ0) is 12.5. The van der Waals surface area contributed by atoms with Gasteiger partial charge in [-0.15, -0.1) is 0 Å². The quantitative estimate of drug-likeness (QED) is 0.785. The van der Waals surface area contributed by atoms with Gasteiger partial charge >= 0.3 is 6.18 Å². The number of hydrogen-bond donors (Lipinski definition) is 1. The van der Waals surface area contributed by atoms with E-state index < -0.39 is 11.7 Å². The van der Waals surface area contributed by atoms with E-state index in [4.69, 9.17) is 5.11 Å². The van der Waals surface area contributed by atoms with Gasteiger partial charge < -0.3 is 5.11 Å². The normalized spacial score (nSPS) is 24.2. The zero-order valence-corrected chi connectivity index (χ0v) is 9.11. The van der Waals surface area contributed by atoms with Crippen LogP contribution >= 0.6 is 0 Å². The molecular weight excluding hydrogens is 229 g/mol. The molecule has 4 heteroatoms. The number of benzene rings is 1. The summed E-state index contributed by atoms with van der Waals surface area (Å²) in [6.07, 6.45) is -0.0335. The molecule has 0 heterocycles. The minimum Gasteiger partial charge on any atom is -0.516 e. The fourth-order valence-electron chi connectivity index (χ4n) is 2.10. The molecule has 0 bridgehead atoms. The molecule has 2 rings (SSSR count). The highest BCUT2D eigenvalue weighted by Crippen LogP contribution is 2.50. The Balaban J connectivity index is 2.09. The lowest BCUT2D eigenvalue weighted by Gasteiger charge is -2.08. The van der Waals surface area contributed by atoms with E-state index in [2.05, 4.69) is 0 Å². The monoisotopic (exact) mass is 242 g/mol. The summed E-state index contributed by atoms with van der Waals surface area (Å²) in [7, 11) is 0. The Labute approximate surface area is 97.6 Å². The maximum atomic E-state index is 12.5. The van der Waals surface area contributed by atoms with Crippen molar-refractivity contribution in [2.75, 3.05) is 0 Å². The Bertz CT molecular complexity index is 423. The van der Waals surface area contributed by atoms with Crippen molar-refractivity contribution < 1.29 is 18.3 Å². The first-order chi connectivity index (χ1) is 8.02. The summed E-state index contributed by atoms with van der Waals surface area (Å²) in [5, 5.41) is 8.52. The van der Waals surface area contributed by atoms with Gasteiger partial charge in [0.25, 0.3) is 0 Å². The van der Waals surface area contributed by atoms with E-state index in [-0.39, 0.29) is 5.92 Å². The van der Waals surface area contributed by atoms with Crippen LogP contribution in [0.4, 0.5) is 13.2 Å². The van der Waals surface area contributed by atoms with Gasteiger partial charge in [-0.2, -0.15) is 13.2 Å². The van der Waals surface area contributed by atoms with Crippen LogP contribution in [0.1, 0.15) is 29.9 Å². The molecule has 1 aliphatic carbocycles. The first-order valence-electron chi connectivity index (χ1n) is 5.48. The van der Waals surface area contributed by atoms with Crippen molar-refractivity contribution in [3.63, 3.8) is 0 Å². The molecule has 0 spiro atoms. The summed E-state index contributed by atoms with van der Waals surface area (Å²) < 4.78 is 37.5. The zero-order valence-electron chi connectivity index (χ0n) is 9.11. The van der Waals surface area contributed by atoms with Crippen molar-refractivity contribution in [2.45, 2.75) is 24.9 Å². The van der Waals surface area contributed by atoms with Crippen LogP contribution in [0.5, 0.6) is 0 Å². The van der Waals surface area contributed by atoms with Crippen LogP contribution in [0.15, 0.2) is 36.6 Å².